The molecule has 7 nitrogen and oxygen atoms in total. The molecule has 25 heavy (non-hydrogen) atoms. The van der Waals surface area contributed by atoms with Crippen molar-refractivity contribution in [2.75, 3.05) is 33.8 Å². The molecule has 1 aromatic carbocycles. The number of carbonyl (C=O) groups excluding carboxylic acids is 3. The second-order valence-corrected chi connectivity index (χ2v) is 6.23. The average Bonchev–Trinajstić information content (AvgIpc) is 2.59. The van der Waals surface area contributed by atoms with Crippen LogP contribution in [0, 0.1) is 6.92 Å². The molecule has 1 aliphatic heterocycles. The molecule has 2 rings (SSSR count). The maximum atomic E-state index is 12.6. The minimum atomic E-state index is -0.669. The van der Waals surface area contributed by atoms with Crippen molar-refractivity contribution in [3.63, 3.8) is 0 Å². The van der Waals surface area contributed by atoms with E-state index in [9.17, 15) is 14.4 Å². The largest absolute Gasteiger partial charge is 0.469 e. The Balaban J connectivity index is 2.00. The first-order valence-electron chi connectivity index (χ1n) is 8.29. The van der Waals surface area contributed by atoms with Gasteiger partial charge in [-0.3, -0.25) is 19.3 Å². The number of rotatable bonds is 6. The molecule has 1 heterocycles. The second-order valence-electron chi connectivity index (χ2n) is 6.23. The van der Waals surface area contributed by atoms with Crippen molar-refractivity contribution in [3.8, 4) is 0 Å². The summed E-state index contributed by atoms with van der Waals surface area (Å²) in [5.41, 5.74) is 2.21. The lowest BCUT2D eigenvalue weighted by Gasteiger charge is -2.34. The van der Waals surface area contributed by atoms with Gasteiger partial charge in [-0.05, 0) is 18.1 Å². The first-order valence-corrected chi connectivity index (χ1v) is 8.29. The minimum Gasteiger partial charge on any atom is -0.469 e. The molecule has 7 heteroatoms. The fraction of sp³-hybridized carbons (Fsp3) is 0.500. The van der Waals surface area contributed by atoms with E-state index >= 15 is 0 Å². The van der Waals surface area contributed by atoms with E-state index in [1.54, 1.807) is 16.8 Å². The highest BCUT2D eigenvalue weighted by Crippen LogP contribution is 2.12. The van der Waals surface area contributed by atoms with Gasteiger partial charge in [0.1, 0.15) is 6.04 Å². The lowest BCUT2D eigenvalue weighted by atomic mass is 10.1. The molecule has 0 saturated carbocycles. The Bertz CT molecular complexity index is 647. The SMILES string of the molecule is COC(=O)C[C@H]1C(=O)NCCN1CC(=O)N(C)Cc1ccccc1C. The van der Waals surface area contributed by atoms with Crippen molar-refractivity contribution in [3.05, 3.63) is 35.4 Å². The van der Waals surface area contributed by atoms with Crippen LogP contribution in [0.15, 0.2) is 24.3 Å². The topological polar surface area (TPSA) is 79.0 Å². The number of aryl methyl sites for hydroxylation is 1. The van der Waals surface area contributed by atoms with Crippen LogP contribution in [-0.2, 0) is 25.7 Å². The first-order chi connectivity index (χ1) is 11.9. The summed E-state index contributed by atoms with van der Waals surface area (Å²) in [6, 6.07) is 7.24. The molecule has 0 unspecified atom stereocenters. The standard InChI is InChI=1S/C18H25N3O4/c1-13-6-4-5-7-14(13)11-20(2)16(22)12-21-9-8-19-18(24)15(21)10-17(23)25-3/h4-7,15H,8-12H2,1-3H3,(H,19,24)/t15-/m0/s1. The monoisotopic (exact) mass is 347 g/mol. The van der Waals surface area contributed by atoms with Crippen LogP contribution in [0.4, 0.5) is 0 Å². The third-order valence-corrected chi connectivity index (χ3v) is 4.46. The highest BCUT2D eigenvalue weighted by atomic mass is 16.5. The van der Waals surface area contributed by atoms with E-state index in [0.717, 1.165) is 11.1 Å². The molecule has 1 aliphatic rings. The molecule has 136 valence electrons. The highest BCUT2D eigenvalue weighted by Gasteiger charge is 2.33. The Labute approximate surface area is 147 Å². The fourth-order valence-corrected chi connectivity index (χ4v) is 2.84. The number of nitrogens with zero attached hydrogens (tertiary/aromatic N) is 2. The normalized spacial score (nSPS) is 17.7. The zero-order chi connectivity index (χ0) is 18.4. The number of hydrogen-bond acceptors (Lipinski definition) is 5. The quantitative estimate of drug-likeness (QED) is 0.750. The van der Waals surface area contributed by atoms with E-state index in [1.165, 1.54) is 7.11 Å². The number of methoxy groups -OCH3 is 1. The van der Waals surface area contributed by atoms with Gasteiger partial charge < -0.3 is 15.0 Å². The predicted molar refractivity (Wildman–Crippen MR) is 92.7 cm³/mol. The van der Waals surface area contributed by atoms with Gasteiger partial charge >= 0.3 is 5.97 Å². The molecule has 2 amide bonds. The van der Waals surface area contributed by atoms with Crippen LogP contribution in [0.25, 0.3) is 0 Å². The molecule has 1 N–H and O–H groups in total. The number of amides is 2. The summed E-state index contributed by atoms with van der Waals surface area (Å²) in [6.45, 7) is 3.60. The zero-order valence-electron chi connectivity index (χ0n) is 14.9. The maximum absolute atomic E-state index is 12.6. The van der Waals surface area contributed by atoms with Gasteiger partial charge in [-0.25, -0.2) is 0 Å². The lowest BCUT2D eigenvalue weighted by molar-refractivity contribution is -0.147. The number of ether oxygens (including phenoxy) is 1. The van der Waals surface area contributed by atoms with Crippen LogP contribution in [0.2, 0.25) is 0 Å². The number of likely N-dealkylation sites (N-methyl/N-ethyl adjacent to an activating group) is 1. The lowest BCUT2D eigenvalue weighted by Crippen LogP contribution is -2.58. The number of hydrogen-bond donors (Lipinski definition) is 1. The van der Waals surface area contributed by atoms with Crippen molar-refractivity contribution in [2.24, 2.45) is 0 Å². The first kappa shape index (κ1) is 18.9. The Morgan fingerprint density at radius 3 is 2.76 bits per heavy atom. The number of piperazine rings is 1. The summed E-state index contributed by atoms with van der Waals surface area (Å²) < 4.78 is 4.65. The molecule has 1 fully saturated rings. The molecule has 0 aromatic heterocycles. The van der Waals surface area contributed by atoms with Gasteiger partial charge in [0.15, 0.2) is 0 Å². The number of esters is 1. The molecule has 0 radical (unpaired) electrons. The highest BCUT2D eigenvalue weighted by molar-refractivity contribution is 5.88. The molecular formula is C18H25N3O4. The summed E-state index contributed by atoms with van der Waals surface area (Å²) in [5, 5.41) is 2.73. The maximum Gasteiger partial charge on any atom is 0.307 e. The van der Waals surface area contributed by atoms with Gasteiger partial charge in [0.2, 0.25) is 11.8 Å². The number of nitrogens with one attached hydrogen (secondary N) is 1. The molecule has 1 aromatic rings. The summed E-state index contributed by atoms with van der Waals surface area (Å²) >= 11 is 0. The molecule has 0 bridgehead atoms. The van der Waals surface area contributed by atoms with E-state index in [2.05, 4.69) is 10.1 Å². The van der Waals surface area contributed by atoms with E-state index < -0.39 is 12.0 Å². The Morgan fingerprint density at radius 2 is 2.08 bits per heavy atom. The minimum absolute atomic E-state index is 0.0584. The summed E-state index contributed by atoms with van der Waals surface area (Å²) in [5.74, 6) is -0.799. The Morgan fingerprint density at radius 1 is 1.36 bits per heavy atom. The third-order valence-electron chi connectivity index (χ3n) is 4.46. The van der Waals surface area contributed by atoms with E-state index in [1.807, 2.05) is 31.2 Å². The second kappa shape index (κ2) is 8.62. The van der Waals surface area contributed by atoms with Gasteiger partial charge in [-0.2, -0.15) is 0 Å². The zero-order valence-corrected chi connectivity index (χ0v) is 14.9. The van der Waals surface area contributed by atoms with Crippen LogP contribution in [0.3, 0.4) is 0 Å². The smallest absolute Gasteiger partial charge is 0.307 e. The average molecular weight is 347 g/mol. The van der Waals surface area contributed by atoms with Gasteiger partial charge in [0, 0.05) is 26.7 Å². The van der Waals surface area contributed by atoms with Gasteiger partial charge in [-0.1, -0.05) is 24.3 Å². The van der Waals surface area contributed by atoms with Crippen molar-refractivity contribution >= 4 is 17.8 Å². The van der Waals surface area contributed by atoms with Crippen molar-refractivity contribution in [1.29, 1.82) is 0 Å². The predicted octanol–water partition coefficient (Wildman–Crippen LogP) is 0.317. The molecule has 1 atom stereocenters. The van der Waals surface area contributed by atoms with Crippen LogP contribution < -0.4 is 5.32 Å². The van der Waals surface area contributed by atoms with Gasteiger partial charge in [-0.15, -0.1) is 0 Å². The van der Waals surface area contributed by atoms with Crippen molar-refractivity contribution < 1.29 is 19.1 Å². The molecule has 0 aliphatic carbocycles. The van der Waals surface area contributed by atoms with E-state index in [0.29, 0.717) is 19.6 Å². The summed E-state index contributed by atoms with van der Waals surface area (Å²) in [7, 11) is 3.03. The molecule has 1 saturated heterocycles. The summed E-state index contributed by atoms with van der Waals surface area (Å²) in [6.07, 6.45) is -0.0584. The molecular weight excluding hydrogens is 322 g/mol. The molecule has 0 spiro atoms. The van der Waals surface area contributed by atoms with Gasteiger partial charge in [0.05, 0.1) is 20.1 Å². The Hall–Kier alpha value is -2.41. The number of carbonyl (C=O) groups is 3. The Kier molecular flexibility index (Phi) is 6.52. The van der Waals surface area contributed by atoms with Crippen LogP contribution in [0.5, 0.6) is 0 Å². The van der Waals surface area contributed by atoms with E-state index in [-0.39, 0.29) is 24.8 Å². The van der Waals surface area contributed by atoms with E-state index in [4.69, 9.17) is 0 Å². The van der Waals surface area contributed by atoms with Crippen molar-refractivity contribution in [1.82, 2.24) is 15.1 Å². The van der Waals surface area contributed by atoms with Crippen LogP contribution >= 0.6 is 0 Å². The summed E-state index contributed by atoms with van der Waals surface area (Å²) in [4.78, 5) is 39.6. The van der Waals surface area contributed by atoms with Crippen molar-refractivity contribution in [2.45, 2.75) is 25.9 Å². The fourth-order valence-electron chi connectivity index (χ4n) is 2.84. The van der Waals surface area contributed by atoms with Crippen LogP contribution in [0.1, 0.15) is 17.5 Å². The third kappa shape index (κ3) is 5.03. The van der Waals surface area contributed by atoms with Crippen LogP contribution in [-0.4, -0.2) is 67.4 Å². The van der Waals surface area contributed by atoms with Gasteiger partial charge in [0.25, 0.3) is 0 Å². The number of benzene rings is 1.